The largest absolute Gasteiger partial charge is 0.341 e. The van der Waals surface area contributed by atoms with Gasteiger partial charge in [-0.25, -0.2) is 9.97 Å². The smallest absolute Gasteiger partial charge is 0.225 e. The topological polar surface area (TPSA) is 55.0 Å². The van der Waals surface area contributed by atoms with Crippen LogP contribution in [-0.4, -0.2) is 29.1 Å². The van der Waals surface area contributed by atoms with Crippen molar-refractivity contribution in [1.82, 2.24) is 9.97 Å². The molecule has 0 saturated carbocycles. The minimum absolute atomic E-state index is 0.323. The summed E-state index contributed by atoms with van der Waals surface area (Å²) in [6.07, 6.45) is 3.87. The molecule has 1 aromatic heterocycles. The molecule has 4 heteroatoms. The molecule has 21 heavy (non-hydrogen) atoms. The Bertz CT molecular complexity index is 610. The molecule has 110 valence electrons. The van der Waals surface area contributed by atoms with Gasteiger partial charge in [0.2, 0.25) is 5.95 Å². The van der Waals surface area contributed by atoms with Crippen molar-refractivity contribution in [3.05, 3.63) is 41.6 Å². The van der Waals surface area contributed by atoms with E-state index in [9.17, 15) is 0 Å². The van der Waals surface area contributed by atoms with E-state index in [2.05, 4.69) is 41.9 Å². The Balaban J connectivity index is 1.89. The quantitative estimate of drug-likeness (QED) is 0.920. The summed E-state index contributed by atoms with van der Waals surface area (Å²) in [6, 6.07) is 8.82. The average molecular weight is 282 g/mol. The Morgan fingerprint density at radius 1 is 1.10 bits per heavy atom. The van der Waals surface area contributed by atoms with E-state index >= 15 is 0 Å². The molecule has 2 heterocycles. The van der Waals surface area contributed by atoms with E-state index in [4.69, 9.17) is 10.7 Å². The first-order chi connectivity index (χ1) is 10.1. The second-order valence-corrected chi connectivity index (χ2v) is 5.94. The third kappa shape index (κ3) is 3.22. The van der Waals surface area contributed by atoms with Crippen LogP contribution >= 0.6 is 0 Å². The second kappa shape index (κ2) is 5.82. The van der Waals surface area contributed by atoms with E-state index in [-0.39, 0.29) is 0 Å². The highest BCUT2D eigenvalue weighted by Crippen LogP contribution is 2.23. The number of anilines is 1. The molecule has 0 atom stereocenters. The number of hydrogen-bond donors (Lipinski definition) is 1. The first-order valence-corrected chi connectivity index (χ1v) is 7.54. The molecule has 2 N–H and O–H groups in total. The van der Waals surface area contributed by atoms with Crippen LogP contribution in [0.4, 0.5) is 5.95 Å². The average Bonchev–Trinajstić information content (AvgIpc) is 2.47. The zero-order valence-electron chi connectivity index (χ0n) is 12.7. The van der Waals surface area contributed by atoms with Gasteiger partial charge in [0.1, 0.15) is 0 Å². The summed E-state index contributed by atoms with van der Waals surface area (Å²) in [5, 5.41) is 0. The summed E-state index contributed by atoms with van der Waals surface area (Å²) in [5.74, 6) is 0.818. The van der Waals surface area contributed by atoms with Gasteiger partial charge in [-0.2, -0.15) is 0 Å². The van der Waals surface area contributed by atoms with Crippen molar-refractivity contribution in [1.29, 1.82) is 0 Å². The molecule has 1 fully saturated rings. The highest BCUT2D eigenvalue weighted by atomic mass is 15.3. The minimum atomic E-state index is 0.323. The van der Waals surface area contributed by atoms with Crippen LogP contribution in [0.15, 0.2) is 30.5 Å². The fourth-order valence-electron chi connectivity index (χ4n) is 2.88. The lowest BCUT2D eigenvalue weighted by molar-refractivity contribution is 0.495. The number of hydrogen-bond acceptors (Lipinski definition) is 4. The zero-order chi connectivity index (χ0) is 14.8. The lowest BCUT2D eigenvalue weighted by atomic mass is 10.0. The van der Waals surface area contributed by atoms with Crippen LogP contribution in [-0.2, 0) is 0 Å². The van der Waals surface area contributed by atoms with Gasteiger partial charge in [-0.1, -0.05) is 17.2 Å². The summed E-state index contributed by atoms with van der Waals surface area (Å²) in [5.41, 5.74) is 10.6. The van der Waals surface area contributed by atoms with Gasteiger partial charge in [0.15, 0.2) is 0 Å². The molecule has 4 nitrogen and oxygen atoms in total. The third-order valence-corrected chi connectivity index (χ3v) is 3.98. The van der Waals surface area contributed by atoms with E-state index in [0.717, 1.165) is 43.1 Å². The number of nitrogens with two attached hydrogens (primary N) is 1. The Morgan fingerprint density at radius 3 is 2.43 bits per heavy atom. The molecular weight excluding hydrogens is 260 g/mol. The molecule has 0 radical (unpaired) electrons. The zero-order valence-corrected chi connectivity index (χ0v) is 12.7. The van der Waals surface area contributed by atoms with Crippen LogP contribution in [0.5, 0.6) is 0 Å². The van der Waals surface area contributed by atoms with Crippen LogP contribution in [0.1, 0.15) is 24.0 Å². The molecule has 0 amide bonds. The number of aromatic nitrogens is 2. The maximum atomic E-state index is 5.96. The number of aryl methyl sites for hydroxylation is 2. The summed E-state index contributed by atoms with van der Waals surface area (Å²) >= 11 is 0. The highest BCUT2D eigenvalue weighted by molar-refractivity contribution is 5.62. The fraction of sp³-hybridized carbons (Fsp3) is 0.412. The van der Waals surface area contributed by atoms with Crippen LogP contribution in [0.25, 0.3) is 11.3 Å². The predicted molar refractivity (Wildman–Crippen MR) is 86.4 cm³/mol. The number of nitrogens with zero attached hydrogens (tertiary/aromatic N) is 3. The Morgan fingerprint density at radius 2 is 1.76 bits per heavy atom. The summed E-state index contributed by atoms with van der Waals surface area (Å²) in [4.78, 5) is 11.4. The van der Waals surface area contributed by atoms with Crippen molar-refractivity contribution in [3.8, 4) is 11.3 Å². The maximum absolute atomic E-state index is 5.96. The summed E-state index contributed by atoms with van der Waals surface area (Å²) < 4.78 is 0. The normalized spacial score (nSPS) is 16.2. The Labute approximate surface area is 126 Å². The summed E-state index contributed by atoms with van der Waals surface area (Å²) in [7, 11) is 0. The molecule has 2 aromatic rings. The van der Waals surface area contributed by atoms with Crippen LogP contribution in [0.3, 0.4) is 0 Å². The van der Waals surface area contributed by atoms with Crippen molar-refractivity contribution >= 4 is 5.95 Å². The van der Waals surface area contributed by atoms with Crippen LogP contribution in [0.2, 0.25) is 0 Å². The van der Waals surface area contributed by atoms with Crippen molar-refractivity contribution < 1.29 is 0 Å². The second-order valence-electron chi connectivity index (χ2n) is 5.94. The van der Waals surface area contributed by atoms with Gasteiger partial charge in [0.25, 0.3) is 0 Å². The monoisotopic (exact) mass is 282 g/mol. The minimum Gasteiger partial charge on any atom is -0.341 e. The van der Waals surface area contributed by atoms with Crippen LogP contribution in [0, 0.1) is 13.8 Å². The third-order valence-electron chi connectivity index (χ3n) is 3.98. The van der Waals surface area contributed by atoms with E-state index in [1.54, 1.807) is 0 Å². The van der Waals surface area contributed by atoms with Crippen molar-refractivity contribution in [2.45, 2.75) is 32.7 Å². The van der Waals surface area contributed by atoms with Gasteiger partial charge >= 0.3 is 0 Å². The Kier molecular flexibility index (Phi) is 3.88. The SMILES string of the molecule is Cc1cc(C)cc(-c2ccnc(N3CCC(N)CC3)n2)c1. The van der Waals surface area contributed by atoms with Gasteiger partial charge in [0, 0.05) is 30.9 Å². The molecule has 0 bridgehead atoms. The number of piperidine rings is 1. The van der Waals surface area contributed by atoms with Crippen molar-refractivity contribution in [3.63, 3.8) is 0 Å². The molecule has 1 aliphatic rings. The lowest BCUT2D eigenvalue weighted by Crippen LogP contribution is -2.40. The first-order valence-electron chi connectivity index (χ1n) is 7.54. The van der Waals surface area contributed by atoms with Crippen LogP contribution < -0.4 is 10.6 Å². The van der Waals surface area contributed by atoms with Gasteiger partial charge in [-0.15, -0.1) is 0 Å². The summed E-state index contributed by atoms with van der Waals surface area (Å²) in [6.45, 7) is 6.12. The number of benzene rings is 1. The van der Waals surface area contributed by atoms with E-state index in [0.29, 0.717) is 6.04 Å². The Hall–Kier alpha value is -1.94. The van der Waals surface area contributed by atoms with Gasteiger partial charge in [0.05, 0.1) is 5.69 Å². The van der Waals surface area contributed by atoms with Crippen molar-refractivity contribution in [2.75, 3.05) is 18.0 Å². The fourth-order valence-corrected chi connectivity index (χ4v) is 2.88. The molecule has 0 unspecified atom stereocenters. The molecule has 3 rings (SSSR count). The highest BCUT2D eigenvalue weighted by Gasteiger charge is 2.18. The van der Waals surface area contributed by atoms with Gasteiger partial charge < -0.3 is 10.6 Å². The molecular formula is C17H22N4. The van der Waals surface area contributed by atoms with E-state index < -0.39 is 0 Å². The molecule has 1 aromatic carbocycles. The maximum Gasteiger partial charge on any atom is 0.225 e. The molecule has 1 aliphatic heterocycles. The van der Waals surface area contributed by atoms with Gasteiger partial charge in [-0.05, 0) is 44.9 Å². The first kappa shape index (κ1) is 14.0. The van der Waals surface area contributed by atoms with E-state index in [1.807, 2.05) is 12.3 Å². The van der Waals surface area contributed by atoms with Crippen molar-refractivity contribution in [2.24, 2.45) is 5.73 Å². The van der Waals surface area contributed by atoms with E-state index in [1.165, 1.54) is 11.1 Å². The molecule has 0 spiro atoms. The van der Waals surface area contributed by atoms with Gasteiger partial charge in [-0.3, -0.25) is 0 Å². The number of rotatable bonds is 2. The lowest BCUT2D eigenvalue weighted by Gasteiger charge is -2.30. The molecule has 1 saturated heterocycles. The molecule has 0 aliphatic carbocycles. The standard InChI is InChI=1S/C17H22N4/c1-12-9-13(2)11-14(10-12)16-3-6-19-17(20-16)21-7-4-15(18)5-8-21/h3,6,9-11,15H,4-5,7-8,18H2,1-2H3. The predicted octanol–water partition coefficient (Wildman–Crippen LogP) is 2.69.